The van der Waals surface area contributed by atoms with Gasteiger partial charge in [-0.05, 0) is 31.5 Å². The molecule has 0 aliphatic heterocycles. The smallest absolute Gasteiger partial charge is 0.251 e. The Hall–Kier alpha value is -1.55. The van der Waals surface area contributed by atoms with Crippen LogP contribution in [0.2, 0.25) is 0 Å². The van der Waals surface area contributed by atoms with Gasteiger partial charge in [-0.3, -0.25) is 4.79 Å². The molecule has 0 aromatic heterocycles. The van der Waals surface area contributed by atoms with Gasteiger partial charge in [0, 0.05) is 17.3 Å². The number of hydrogen-bond donors (Lipinski definition) is 3. The second-order valence-electron chi connectivity index (χ2n) is 3.63. The summed E-state index contributed by atoms with van der Waals surface area (Å²) >= 11 is 0. The highest BCUT2D eigenvalue weighted by Crippen LogP contribution is 2.12. The molecule has 15 heavy (non-hydrogen) atoms. The minimum atomic E-state index is -0.250. The molecule has 0 spiro atoms. The van der Waals surface area contributed by atoms with Gasteiger partial charge in [-0.25, -0.2) is 0 Å². The van der Waals surface area contributed by atoms with Crippen LogP contribution < -0.4 is 11.1 Å². The van der Waals surface area contributed by atoms with Gasteiger partial charge in [0.1, 0.15) is 0 Å². The maximum atomic E-state index is 11.6. The molecule has 1 aromatic carbocycles. The molecule has 0 heterocycles. The summed E-state index contributed by atoms with van der Waals surface area (Å²) < 4.78 is 0. The Bertz CT molecular complexity index is 364. The zero-order valence-corrected chi connectivity index (χ0v) is 8.95. The molecule has 4 N–H and O–H groups in total. The van der Waals surface area contributed by atoms with E-state index in [2.05, 4.69) is 5.32 Å². The average molecular weight is 208 g/mol. The molecule has 0 saturated heterocycles. The number of amides is 1. The average Bonchev–Trinajstić information content (AvgIpc) is 2.21. The normalized spacial score (nSPS) is 12.2. The topological polar surface area (TPSA) is 75.3 Å². The van der Waals surface area contributed by atoms with Crippen molar-refractivity contribution in [1.82, 2.24) is 5.32 Å². The van der Waals surface area contributed by atoms with Crippen LogP contribution in [-0.4, -0.2) is 23.7 Å². The number of aryl methyl sites for hydroxylation is 1. The summed E-state index contributed by atoms with van der Waals surface area (Å²) in [4.78, 5) is 11.6. The van der Waals surface area contributed by atoms with Crippen LogP contribution in [0.15, 0.2) is 18.2 Å². The van der Waals surface area contributed by atoms with Crippen molar-refractivity contribution in [2.75, 3.05) is 12.3 Å². The van der Waals surface area contributed by atoms with Crippen LogP contribution in [0, 0.1) is 6.92 Å². The van der Waals surface area contributed by atoms with Gasteiger partial charge in [0.25, 0.3) is 5.91 Å². The minimum absolute atomic E-state index is 0.0763. The standard InChI is InChI=1S/C11H16N2O2/c1-7-3-4-9(5-10(7)12)11(15)13-8(2)6-14/h3-5,8,14H,6,12H2,1-2H3,(H,13,15)/t8-/m0/s1. The summed E-state index contributed by atoms with van der Waals surface area (Å²) in [5, 5.41) is 11.4. The van der Waals surface area contributed by atoms with Crippen LogP contribution in [0.1, 0.15) is 22.8 Å². The first-order valence-electron chi connectivity index (χ1n) is 4.82. The molecule has 82 valence electrons. The first kappa shape index (κ1) is 11.5. The quantitative estimate of drug-likeness (QED) is 0.640. The fraction of sp³-hybridized carbons (Fsp3) is 0.364. The van der Waals surface area contributed by atoms with Gasteiger partial charge in [-0.1, -0.05) is 6.07 Å². The van der Waals surface area contributed by atoms with Crippen molar-refractivity contribution in [2.24, 2.45) is 0 Å². The molecule has 0 fully saturated rings. The molecule has 0 saturated carbocycles. The highest BCUT2D eigenvalue weighted by atomic mass is 16.3. The third-order valence-electron chi connectivity index (χ3n) is 2.19. The van der Waals surface area contributed by atoms with Gasteiger partial charge >= 0.3 is 0 Å². The van der Waals surface area contributed by atoms with Crippen LogP contribution >= 0.6 is 0 Å². The molecule has 0 unspecified atom stereocenters. The number of benzene rings is 1. The molecular formula is C11H16N2O2. The van der Waals surface area contributed by atoms with Crippen LogP contribution in [0.4, 0.5) is 5.69 Å². The zero-order chi connectivity index (χ0) is 11.4. The number of carbonyl (C=O) groups is 1. The van der Waals surface area contributed by atoms with E-state index < -0.39 is 0 Å². The van der Waals surface area contributed by atoms with E-state index in [9.17, 15) is 4.79 Å². The van der Waals surface area contributed by atoms with Crippen molar-refractivity contribution in [1.29, 1.82) is 0 Å². The molecule has 1 aromatic rings. The molecule has 4 heteroatoms. The number of anilines is 1. The van der Waals surface area contributed by atoms with E-state index in [-0.39, 0.29) is 18.6 Å². The Kier molecular flexibility index (Phi) is 3.68. The Labute approximate surface area is 89.1 Å². The Morgan fingerprint density at radius 3 is 2.80 bits per heavy atom. The maximum absolute atomic E-state index is 11.6. The number of rotatable bonds is 3. The van der Waals surface area contributed by atoms with E-state index in [0.29, 0.717) is 11.3 Å². The van der Waals surface area contributed by atoms with Crippen LogP contribution in [0.25, 0.3) is 0 Å². The lowest BCUT2D eigenvalue weighted by molar-refractivity contribution is 0.0922. The fourth-order valence-electron chi connectivity index (χ4n) is 1.13. The lowest BCUT2D eigenvalue weighted by Gasteiger charge is -2.11. The molecule has 1 rings (SSSR count). The second-order valence-corrected chi connectivity index (χ2v) is 3.63. The highest BCUT2D eigenvalue weighted by molar-refractivity contribution is 5.95. The summed E-state index contributed by atoms with van der Waals surface area (Å²) in [5.41, 5.74) is 7.75. The SMILES string of the molecule is Cc1ccc(C(=O)N[C@@H](C)CO)cc1N. The van der Waals surface area contributed by atoms with E-state index in [1.54, 1.807) is 25.1 Å². The lowest BCUT2D eigenvalue weighted by Crippen LogP contribution is -2.35. The largest absolute Gasteiger partial charge is 0.398 e. The summed E-state index contributed by atoms with van der Waals surface area (Å²) in [6.07, 6.45) is 0. The minimum Gasteiger partial charge on any atom is -0.398 e. The predicted molar refractivity (Wildman–Crippen MR) is 59.6 cm³/mol. The first-order chi connectivity index (χ1) is 7.04. The fourth-order valence-corrected chi connectivity index (χ4v) is 1.13. The van der Waals surface area contributed by atoms with E-state index in [1.807, 2.05) is 6.92 Å². The summed E-state index contributed by atoms with van der Waals surface area (Å²) in [6, 6.07) is 4.90. The van der Waals surface area contributed by atoms with E-state index >= 15 is 0 Å². The van der Waals surface area contributed by atoms with Gasteiger partial charge in [0.2, 0.25) is 0 Å². The van der Waals surface area contributed by atoms with Crippen molar-refractivity contribution < 1.29 is 9.90 Å². The molecule has 0 radical (unpaired) electrons. The van der Waals surface area contributed by atoms with Crippen molar-refractivity contribution in [3.05, 3.63) is 29.3 Å². The van der Waals surface area contributed by atoms with Crippen LogP contribution in [0.3, 0.4) is 0 Å². The van der Waals surface area contributed by atoms with E-state index in [1.165, 1.54) is 0 Å². The van der Waals surface area contributed by atoms with Gasteiger partial charge in [0.15, 0.2) is 0 Å². The summed E-state index contributed by atoms with van der Waals surface area (Å²) in [6.45, 7) is 3.54. The molecule has 0 bridgehead atoms. The predicted octanol–water partition coefficient (Wildman–Crippen LogP) is 0.688. The van der Waals surface area contributed by atoms with Gasteiger partial charge < -0.3 is 16.2 Å². The third-order valence-corrected chi connectivity index (χ3v) is 2.19. The van der Waals surface area contributed by atoms with Gasteiger partial charge in [-0.15, -0.1) is 0 Å². The molecule has 1 amide bonds. The number of nitrogen functional groups attached to an aromatic ring is 1. The number of hydrogen-bond acceptors (Lipinski definition) is 3. The lowest BCUT2D eigenvalue weighted by atomic mass is 10.1. The summed E-state index contributed by atoms with van der Waals surface area (Å²) in [7, 11) is 0. The zero-order valence-electron chi connectivity index (χ0n) is 8.95. The number of aliphatic hydroxyl groups excluding tert-OH is 1. The number of carbonyl (C=O) groups excluding carboxylic acids is 1. The first-order valence-corrected chi connectivity index (χ1v) is 4.82. The van der Waals surface area contributed by atoms with Crippen molar-refractivity contribution >= 4 is 11.6 Å². The van der Waals surface area contributed by atoms with Crippen molar-refractivity contribution in [2.45, 2.75) is 19.9 Å². The third kappa shape index (κ3) is 2.95. The molecule has 0 aliphatic carbocycles. The van der Waals surface area contributed by atoms with Crippen molar-refractivity contribution in [3.63, 3.8) is 0 Å². The Morgan fingerprint density at radius 2 is 2.27 bits per heavy atom. The second kappa shape index (κ2) is 4.79. The Morgan fingerprint density at radius 1 is 1.60 bits per heavy atom. The van der Waals surface area contributed by atoms with Crippen molar-refractivity contribution in [3.8, 4) is 0 Å². The van der Waals surface area contributed by atoms with Gasteiger partial charge in [0.05, 0.1) is 6.61 Å². The number of nitrogens with two attached hydrogens (primary N) is 1. The van der Waals surface area contributed by atoms with E-state index in [0.717, 1.165) is 5.56 Å². The van der Waals surface area contributed by atoms with Gasteiger partial charge in [-0.2, -0.15) is 0 Å². The van der Waals surface area contributed by atoms with Crippen LogP contribution in [0.5, 0.6) is 0 Å². The number of aliphatic hydroxyl groups is 1. The molecular weight excluding hydrogens is 192 g/mol. The summed E-state index contributed by atoms with van der Waals surface area (Å²) in [5.74, 6) is -0.219. The van der Waals surface area contributed by atoms with Crippen LogP contribution in [-0.2, 0) is 0 Å². The monoisotopic (exact) mass is 208 g/mol. The molecule has 4 nitrogen and oxygen atoms in total. The maximum Gasteiger partial charge on any atom is 0.251 e. The highest BCUT2D eigenvalue weighted by Gasteiger charge is 2.09. The molecule has 0 aliphatic rings. The van der Waals surface area contributed by atoms with E-state index in [4.69, 9.17) is 10.8 Å². The molecule has 1 atom stereocenters. The number of nitrogens with one attached hydrogen (secondary N) is 1. The Balaban J connectivity index is 2.78.